The van der Waals surface area contributed by atoms with Gasteiger partial charge in [-0.15, -0.1) is 0 Å². The summed E-state index contributed by atoms with van der Waals surface area (Å²) in [5, 5.41) is 2.76. The van der Waals surface area contributed by atoms with Gasteiger partial charge < -0.3 is 24.4 Å². The second kappa shape index (κ2) is 11.3. The molecule has 0 bridgehead atoms. The number of hydrogen-bond acceptors (Lipinski definition) is 7. The lowest BCUT2D eigenvalue weighted by molar-refractivity contribution is -0.140. The predicted octanol–water partition coefficient (Wildman–Crippen LogP) is 2.13. The Labute approximate surface area is 205 Å². The van der Waals surface area contributed by atoms with Crippen molar-refractivity contribution >= 4 is 27.5 Å². The number of benzene rings is 2. The number of amides is 2. The van der Waals surface area contributed by atoms with Crippen LogP contribution in [0.1, 0.15) is 25.8 Å². The van der Waals surface area contributed by atoms with Crippen LogP contribution in [-0.4, -0.2) is 64.4 Å². The maximum atomic E-state index is 13.6. The molecule has 0 aliphatic carbocycles. The third-order valence-corrected chi connectivity index (χ3v) is 6.69. The Morgan fingerprint density at radius 2 is 1.86 bits per heavy atom. The number of ether oxygens (including phenoxy) is 3. The van der Waals surface area contributed by atoms with Gasteiger partial charge in [-0.25, -0.2) is 8.42 Å². The Morgan fingerprint density at radius 1 is 1.11 bits per heavy atom. The smallest absolute Gasteiger partial charge is 0.244 e. The van der Waals surface area contributed by atoms with Crippen LogP contribution in [0, 0.1) is 0 Å². The van der Waals surface area contributed by atoms with E-state index in [1.165, 1.54) is 11.0 Å². The van der Waals surface area contributed by atoms with Crippen LogP contribution in [0.3, 0.4) is 0 Å². The molecule has 2 amide bonds. The Kier molecular flexibility index (Phi) is 8.44. The van der Waals surface area contributed by atoms with E-state index in [4.69, 9.17) is 14.2 Å². The summed E-state index contributed by atoms with van der Waals surface area (Å²) in [6.45, 7) is 3.66. The molecule has 10 nitrogen and oxygen atoms in total. The quantitative estimate of drug-likeness (QED) is 0.498. The van der Waals surface area contributed by atoms with Crippen molar-refractivity contribution in [3.63, 3.8) is 0 Å². The van der Waals surface area contributed by atoms with Gasteiger partial charge in [0.1, 0.15) is 18.3 Å². The molecule has 2 aromatic rings. The van der Waals surface area contributed by atoms with Gasteiger partial charge in [0.05, 0.1) is 19.1 Å². The maximum Gasteiger partial charge on any atom is 0.244 e. The summed E-state index contributed by atoms with van der Waals surface area (Å²) >= 11 is 0. The third-order valence-electron chi connectivity index (χ3n) is 5.55. The van der Waals surface area contributed by atoms with Crippen LogP contribution in [0.4, 0.5) is 5.69 Å². The van der Waals surface area contributed by atoms with E-state index in [0.717, 1.165) is 16.1 Å². The number of likely N-dealkylation sites (N-methyl/N-ethyl adjacent to an activating group) is 1. The summed E-state index contributed by atoms with van der Waals surface area (Å²) in [4.78, 5) is 27.9. The Balaban J connectivity index is 1.95. The fraction of sp³-hybridized carbons (Fsp3) is 0.417. The van der Waals surface area contributed by atoms with Gasteiger partial charge in [0.2, 0.25) is 28.6 Å². The molecule has 1 N–H and O–H groups in total. The standard InChI is InChI=1S/C24H31N3O7S/c1-5-20(24(29)25-6-2)26(14-17-8-7-9-19(12-17)32-3)23(28)15-27(35(4,30)31)18-10-11-21-22(13-18)34-16-33-21/h7-13,20H,5-6,14-16H2,1-4H3,(H,25,29)/t20-/m0/s1. The molecule has 0 radical (unpaired) electrons. The van der Waals surface area contributed by atoms with Gasteiger partial charge in [0, 0.05) is 19.2 Å². The van der Waals surface area contributed by atoms with Crippen LogP contribution in [0.15, 0.2) is 42.5 Å². The molecule has 3 rings (SSSR count). The normalized spacial score (nSPS) is 13.1. The van der Waals surface area contributed by atoms with Gasteiger partial charge in [-0.3, -0.25) is 13.9 Å². The second-order valence-electron chi connectivity index (χ2n) is 8.00. The van der Waals surface area contributed by atoms with Gasteiger partial charge in [-0.1, -0.05) is 19.1 Å². The zero-order chi connectivity index (χ0) is 25.6. The molecule has 0 aromatic heterocycles. The highest BCUT2D eigenvalue weighted by molar-refractivity contribution is 7.92. The van der Waals surface area contributed by atoms with E-state index in [1.54, 1.807) is 51.3 Å². The largest absolute Gasteiger partial charge is 0.497 e. The summed E-state index contributed by atoms with van der Waals surface area (Å²) in [5.74, 6) is 0.675. The molecular formula is C24H31N3O7S. The number of nitrogens with one attached hydrogen (secondary N) is 1. The van der Waals surface area contributed by atoms with Gasteiger partial charge in [-0.05, 0) is 43.2 Å². The van der Waals surface area contributed by atoms with Crippen LogP contribution in [-0.2, 0) is 26.2 Å². The van der Waals surface area contributed by atoms with Crippen LogP contribution in [0.5, 0.6) is 17.2 Å². The minimum absolute atomic E-state index is 0.0373. The molecule has 35 heavy (non-hydrogen) atoms. The van der Waals surface area contributed by atoms with E-state index >= 15 is 0 Å². The van der Waals surface area contributed by atoms with E-state index in [1.807, 2.05) is 6.07 Å². The first-order chi connectivity index (χ1) is 16.7. The monoisotopic (exact) mass is 505 g/mol. The second-order valence-corrected chi connectivity index (χ2v) is 9.91. The van der Waals surface area contributed by atoms with Crippen LogP contribution in [0.2, 0.25) is 0 Å². The number of methoxy groups -OCH3 is 1. The van der Waals surface area contributed by atoms with Crippen molar-refractivity contribution < 1.29 is 32.2 Å². The lowest BCUT2D eigenvalue weighted by Crippen LogP contribution is -2.52. The third kappa shape index (κ3) is 6.36. The summed E-state index contributed by atoms with van der Waals surface area (Å²) in [5.41, 5.74) is 1.01. The number of anilines is 1. The topological polar surface area (TPSA) is 114 Å². The van der Waals surface area contributed by atoms with E-state index in [0.29, 0.717) is 30.2 Å². The van der Waals surface area contributed by atoms with Gasteiger partial charge >= 0.3 is 0 Å². The molecule has 0 saturated carbocycles. The Morgan fingerprint density at radius 3 is 2.51 bits per heavy atom. The van der Waals surface area contributed by atoms with E-state index in [2.05, 4.69) is 5.32 Å². The summed E-state index contributed by atoms with van der Waals surface area (Å²) in [7, 11) is -2.30. The van der Waals surface area contributed by atoms with Crippen molar-refractivity contribution in [3.05, 3.63) is 48.0 Å². The molecule has 0 spiro atoms. The number of sulfonamides is 1. The van der Waals surface area contributed by atoms with Gasteiger partial charge in [0.25, 0.3) is 0 Å². The first-order valence-electron chi connectivity index (χ1n) is 11.2. The fourth-order valence-corrected chi connectivity index (χ4v) is 4.67. The van der Waals surface area contributed by atoms with Gasteiger partial charge in [0.15, 0.2) is 11.5 Å². The number of nitrogens with zero attached hydrogens (tertiary/aromatic N) is 2. The van der Waals surface area contributed by atoms with Crippen LogP contribution < -0.4 is 23.8 Å². The number of fused-ring (bicyclic) bond motifs is 1. The fourth-order valence-electron chi connectivity index (χ4n) is 3.83. The zero-order valence-electron chi connectivity index (χ0n) is 20.3. The maximum absolute atomic E-state index is 13.6. The summed E-state index contributed by atoms with van der Waals surface area (Å²) in [6.07, 6.45) is 1.38. The molecular weight excluding hydrogens is 474 g/mol. The number of carbonyl (C=O) groups is 2. The molecule has 1 heterocycles. The van der Waals surface area contributed by atoms with Crippen molar-refractivity contribution in [3.8, 4) is 17.2 Å². The molecule has 1 aliphatic rings. The Hall–Kier alpha value is -3.47. The first-order valence-corrected chi connectivity index (χ1v) is 13.1. The highest BCUT2D eigenvalue weighted by atomic mass is 32.2. The van der Waals surface area contributed by atoms with E-state index in [-0.39, 0.29) is 24.9 Å². The molecule has 1 aliphatic heterocycles. The average molecular weight is 506 g/mol. The molecule has 0 saturated heterocycles. The van der Waals surface area contributed by atoms with Gasteiger partial charge in [-0.2, -0.15) is 0 Å². The van der Waals surface area contributed by atoms with E-state index < -0.39 is 28.5 Å². The lowest BCUT2D eigenvalue weighted by atomic mass is 10.1. The molecule has 2 aromatic carbocycles. The molecule has 1 atom stereocenters. The Bertz CT molecular complexity index is 1170. The highest BCUT2D eigenvalue weighted by Gasteiger charge is 2.32. The van der Waals surface area contributed by atoms with Crippen LogP contribution in [0.25, 0.3) is 0 Å². The van der Waals surface area contributed by atoms with Crippen molar-refractivity contribution in [1.29, 1.82) is 0 Å². The summed E-state index contributed by atoms with van der Waals surface area (Å²) in [6, 6.07) is 11.0. The van der Waals surface area contributed by atoms with Crippen molar-refractivity contribution in [1.82, 2.24) is 10.2 Å². The lowest BCUT2D eigenvalue weighted by Gasteiger charge is -2.32. The van der Waals surface area contributed by atoms with Crippen molar-refractivity contribution in [2.75, 3.05) is 37.6 Å². The highest BCUT2D eigenvalue weighted by Crippen LogP contribution is 2.36. The molecule has 11 heteroatoms. The zero-order valence-corrected chi connectivity index (χ0v) is 21.1. The summed E-state index contributed by atoms with van der Waals surface area (Å²) < 4.78 is 42.3. The van der Waals surface area contributed by atoms with Crippen molar-refractivity contribution in [2.24, 2.45) is 0 Å². The molecule has 0 unspecified atom stereocenters. The first kappa shape index (κ1) is 26.1. The number of carbonyl (C=O) groups excluding carboxylic acids is 2. The van der Waals surface area contributed by atoms with E-state index in [9.17, 15) is 18.0 Å². The number of hydrogen-bond donors (Lipinski definition) is 1. The minimum atomic E-state index is -3.84. The predicted molar refractivity (Wildman–Crippen MR) is 131 cm³/mol. The van der Waals surface area contributed by atoms with Crippen molar-refractivity contribution in [2.45, 2.75) is 32.9 Å². The minimum Gasteiger partial charge on any atom is -0.497 e. The number of rotatable bonds is 11. The van der Waals surface area contributed by atoms with Crippen LogP contribution >= 0.6 is 0 Å². The molecule has 0 fully saturated rings. The molecule has 190 valence electrons. The SMILES string of the molecule is CCNC(=O)[C@H](CC)N(Cc1cccc(OC)c1)C(=O)CN(c1ccc2c(c1)OCO2)S(C)(=O)=O. The average Bonchev–Trinajstić information content (AvgIpc) is 3.29.